The molecule has 0 bridgehead atoms. The summed E-state index contributed by atoms with van der Waals surface area (Å²) >= 11 is 0. The molecular formula is C21H17FN2O2. The van der Waals surface area contributed by atoms with E-state index >= 15 is 0 Å². The van der Waals surface area contributed by atoms with Gasteiger partial charge in [-0.3, -0.25) is 9.59 Å². The van der Waals surface area contributed by atoms with Crippen LogP contribution < -0.4 is 10.6 Å². The number of rotatable bonds is 4. The van der Waals surface area contributed by atoms with Gasteiger partial charge >= 0.3 is 11.8 Å². The van der Waals surface area contributed by atoms with E-state index in [4.69, 9.17) is 0 Å². The van der Waals surface area contributed by atoms with Crippen LogP contribution in [0.2, 0.25) is 0 Å². The van der Waals surface area contributed by atoms with Crippen molar-refractivity contribution in [2.24, 2.45) is 0 Å². The third-order valence-electron chi connectivity index (χ3n) is 3.87. The zero-order valence-corrected chi connectivity index (χ0v) is 13.9. The Morgan fingerprint density at radius 3 is 1.73 bits per heavy atom. The maximum absolute atomic E-state index is 13.7. The fourth-order valence-electron chi connectivity index (χ4n) is 2.59. The lowest BCUT2D eigenvalue weighted by atomic mass is 9.99. The third kappa shape index (κ3) is 4.13. The molecule has 2 amide bonds. The number of benzene rings is 3. The first-order valence-corrected chi connectivity index (χ1v) is 8.11. The molecular weight excluding hydrogens is 331 g/mol. The van der Waals surface area contributed by atoms with E-state index in [9.17, 15) is 14.0 Å². The zero-order chi connectivity index (χ0) is 18.4. The number of carbonyl (C=O) groups excluding carboxylic acids is 2. The maximum atomic E-state index is 13.7. The molecule has 0 unspecified atom stereocenters. The Morgan fingerprint density at radius 2 is 1.19 bits per heavy atom. The second-order valence-corrected chi connectivity index (χ2v) is 5.66. The quantitative estimate of drug-likeness (QED) is 0.707. The summed E-state index contributed by atoms with van der Waals surface area (Å²) in [5, 5.41) is 5.01. The van der Waals surface area contributed by atoms with Gasteiger partial charge in [-0.2, -0.15) is 0 Å². The topological polar surface area (TPSA) is 58.2 Å². The lowest BCUT2D eigenvalue weighted by molar-refractivity contribution is -0.136. The number of para-hydroxylation sites is 1. The normalized spacial score (nSPS) is 10.4. The standard InChI is InChI=1S/C21H17FN2O2/c22-17-13-7-8-14-18(17)23-20(25)21(26)24-19(15-9-3-1-4-10-15)16-11-5-2-6-12-16/h1-14,19H,(H,23,25)(H,24,26). The Morgan fingerprint density at radius 1 is 0.692 bits per heavy atom. The number of hydrogen-bond donors (Lipinski definition) is 2. The van der Waals surface area contributed by atoms with Crippen LogP contribution in [-0.2, 0) is 9.59 Å². The van der Waals surface area contributed by atoms with E-state index < -0.39 is 23.7 Å². The van der Waals surface area contributed by atoms with Gasteiger partial charge in [0.2, 0.25) is 0 Å². The predicted octanol–water partition coefficient (Wildman–Crippen LogP) is 3.67. The van der Waals surface area contributed by atoms with Crippen LogP contribution in [0.4, 0.5) is 10.1 Å². The van der Waals surface area contributed by atoms with Gasteiger partial charge in [-0.1, -0.05) is 72.8 Å². The Balaban J connectivity index is 1.79. The third-order valence-corrected chi connectivity index (χ3v) is 3.87. The van der Waals surface area contributed by atoms with Gasteiger partial charge in [0.1, 0.15) is 5.82 Å². The van der Waals surface area contributed by atoms with E-state index in [-0.39, 0.29) is 5.69 Å². The highest BCUT2D eigenvalue weighted by molar-refractivity contribution is 6.39. The van der Waals surface area contributed by atoms with Crippen LogP contribution in [0.25, 0.3) is 0 Å². The summed E-state index contributed by atoms with van der Waals surface area (Å²) in [5.41, 5.74) is 1.64. The number of halogens is 1. The summed E-state index contributed by atoms with van der Waals surface area (Å²) in [5.74, 6) is -2.37. The molecule has 26 heavy (non-hydrogen) atoms. The van der Waals surface area contributed by atoms with Gasteiger partial charge in [-0.05, 0) is 23.3 Å². The van der Waals surface area contributed by atoms with Crippen molar-refractivity contribution in [3.63, 3.8) is 0 Å². The lowest BCUT2D eigenvalue weighted by Gasteiger charge is -2.19. The molecule has 0 atom stereocenters. The minimum absolute atomic E-state index is 0.0383. The molecule has 4 nitrogen and oxygen atoms in total. The molecule has 130 valence electrons. The Bertz CT molecular complexity index is 859. The van der Waals surface area contributed by atoms with Gasteiger partial charge in [-0.15, -0.1) is 0 Å². The Labute approximate surface area is 150 Å². The van der Waals surface area contributed by atoms with Crippen LogP contribution in [0.15, 0.2) is 84.9 Å². The molecule has 3 aromatic rings. The van der Waals surface area contributed by atoms with E-state index in [1.807, 2.05) is 60.7 Å². The van der Waals surface area contributed by atoms with Gasteiger partial charge in [0.25, 0.3) is 0 Å². The van der Waals surface area contributed by atoms with E-state index in [1.165, 1.54) is 18.2 Å². The van der Waals surface area contributed by atoms with Crippen molar-refractivity contribution in [3.8, 4) is 0 Å². The van der Waals surface area contributed by atoms with Crippen molar-refractivity contribution >= 4 is 17.5 Å². The summed E-state index contributed by atoms with van der Waals surface area (Å²) in [6.45, 7) is 0. The highest BCUT2D eigenvalue weighted by atomic mass is 19.1. The molecule has 3 rings (SSSR count). The highest BCUT2D eigenvalue weighted by Crippen LogP contribution is 2.21. The van der Waals surface area contributed by atoms with E-state index in [0.717, 1.165) is 11.1 Å². The summed E-state index contributed by atoms with van der Waals surface area (Å²) in [6.07, 6.45) is 0. The first-order valence-electron chi connectivity index (χ1n) is 8.11. The fourth-order valence-corrected chi connectivity index (χ4v) is 2.59. The van der Waals surface area contributed by atoms with Gasteiger partial charge in [0, 0.05) is 0 Å². The average molecular weight is 348 g/mol. The second kappa shape index (κ2) is 8.07. The van der Waals surface area contributed by atoms with Gasteiger partial charge in [0.15, 0.2) is 0 Å². The summed E-state index contributed by atoms with van der Waals surface area (Å²) in [6, 6.07) is 23.9. The van der Waals surface area contributed by atoms with Crippen molar-refractivity contribution in [3.05, 3.63) is 102 Å². The van der Waals surface area contributed by atoms with Crippen molar-refractivity contribution < 1.29 is 14.0 Å². The number of amides is 2. The van der Waals surface area contributed by atoms with Crippen molar-refractivity contribution in [1.29, 1.82) is 0 Å². The smallest absolute Gasteiger partial charge is 0.313 e. The molecule has 0 spiro atoms. The monoisotopic (exact) mass is 348 g/mol. The maximum Gasteiger partial charge on any atom is 0.313 e. The van der Waals surface area contributed by atoms with Crippen LogP contribution in [0.1, 0.15) is 17.2 Å². The molecule has 0 radical (unpaired) electrons. The Kier molecular flexibility index (Phi) is 5.39. The molecule has 0 aliphatic heterocycles. The molecule has 0 saturated carbocycles. The van der Waals surface area contributed by atoms with Crippen LogP contribution in [0, 0.1) is 5.82 Å². The average Bonchev–Trinajstić information content (AvgIpc) is 2.69. The van der Waals surface area contributed by atoms with Crippen LogP contribution >= 0.6 is 0 Å². The zero-order valence-electron chi connectivity index (χ0n) is 13.9. The Hall–Kier alpha value is -3.47. The molecule has 3 aromatic carbocycles. The number of nitrogens with one attached hydrogen (secondary N) is 2. The minimum atomic E-state index is -0.924. The van der Waals surface area contributed by atoms with Crippen molar-refractivity contribution in [1.82, 2.24) is 5.32 Å². The van der Waals surface area contributed by atoms with E-state index in [2.05, 4.69) is 10.6 Å². The summed E-state index contributed by atoms with van der Waals surface area (Å²) in [7, 11) is 0. The summed E-state index contributed by atoms with van der Waals surface area (Å²) in [4.78, 5) is 24.5. The first kappa shape index (κ1) is 17.4. The van der Waals surface area contributed by atoms with Crippen LogP contribution in [0.3, 0.4) is 0 Å². The van der Waals surface area contributed by atoms with E-state index in [1.54, 1.807) is 6.07 Å². The highest BCUT2D eigenvalue weighted by Gasteiger charge is 2.22. The van der Waals surface area contributed by atoms with E-state index in [0.29, 0.717) is 0 Å². The molecule has 2 N–H and O–H groups in total. The first-order chi connectivity index (χ1) is 12.6. The minimum Gasteiger partial charge on any atom is -0.337 e. The molecule has 0 fully saturated rings. The number of anilines is 1. The van der Waals surface area contributed by atoms with Gasteiger partial charge in [0.05, 0.1) is 11.7 Å². The van der Waals surface area contributed by atoms with Gasteiger partial charge in [-0.25, -0.2) is 4.39 Å². The largest absolute Gasteiger partial charge is 0.337 e. The molecule has 5 heteroatoms. The van der Waals surface area contributed by atoms with Gasteiger partial charge < -0.3 is 10.6 Å². The molecule has 0 aliphatic rings. The molecule has 0 saturated heterocycles. The van der Waals surface area contributed by atoms with Crippen LogP contribution in [-0.4, -0.2) is 11.8 Å². The van der Waals surface area contributed by atoms with Crippen molar-refractivity contribution in [2.45, 2.75) is 6.04 Å². The number of carbonyl (C=O) groups is 2. The molecule has 0 aliphatic carbocycles. The SMILES string of the molecule is O=C(Nc1ccccc1F)C(=O)NC(c1ccccc1)c1ccccc1. The lowest BCUT2D eigenvalue weighted by Crippen LogP contribution is -2.38. The number of hydrogen-bond acceptors (Lipinski definition) is 2. The second-order valence-electron chi connectivity index (χ2n) is 5.66. The summed E-state index contributed by atoms with van der Waals surface area (Å²) < 4.78 is 13.7. The molecule has 0 aromatic heterocycles. The van der Waals surface area contributed by atoms with Crippen molar-refractivity contribution in [2.75, 3.05) is 5.32 Å². The predicted molar refractivity (Wildman–Crippen MR) is 97.9 cm³/mol. The van der Waals surface area contributed by atoms with Crippen LogP contribution in [0.5, 0.6) is 0 Å². The fraction of sp³-hybridized carbons (Fsp3) is 0.0476. The molecule has 0 heterocycles.